The molecule has 5 rings (SSSR count). The van der Waals surface area contributed by atoms with Gasteiger partial charge in [0.15, 0.2) is 0 Å². The van der Waals surface area contributed by atoms with Crippen LogP contribution < -0.4 is 5.32 Å². The predicted molar refractivity (Wildman–Crippen MR) is 89.0 cm³/mol. The van der Waals surface area contributed by atoms with Crippen molar-refractivity contribution in [1.82, 2.24) is 15.3 Å². The van der Waals surface area contributed by atoms with Gasteiger partial charge in [-0.05, 0) is 55.8 Å². The van der Waals surface area contributed by atoms with E-state index in [1.807, 2.05) is 0 Å². The van der Waals surface area contributed by atoms with Crippen LogP contribution in [0.5, 0.6) is 0 Å². The molecule has 124 valence electrons. The first-order valence-corrected chi connectivity index (χ1v) is 9.03. The molecule has 0 unspecified atom stereocenters. The molecule has 1 heterocycles. The summed E-state index contributed by atoms with van der Waals surface area (Å²) in [6.07, 6.45) is 9.92. The molecular formula is C19H27N3O. The number of hydrogen-bond donors (Lipinski definition) is 1. The average molecular weight is 313 g/mol. The van der Waals surface area contributed by atoms with Crippen LogP contribution in [0, 0.1) is 23.7 Å². The Bertz CT molecular complexity index is 591. The molecular weight excluding hydrogens is 286 g/mol. The van der Waals surface area contributed by atoms with Crippen LogP contribution in [0.25, 0.3) is 0 Å². The summed E-state index contributed by atoms with van der Waals surface area (Å²) in [5, 5.41) is 3.37. The Morgan fingerprint density at radius 2 is 1.70 bits per heavy atom. The number of rotatable bonds is 2. The maximum Gasteiger partial charge on any atom is 0.254 e. The third kappa shape index (κ3) is 2.66. The van der Waals surface area contributed by atoms with E-state index in [2.05, 4.69) is 36.1 Å². The Morgan fingerprint density at radius 3 is 2.26 bits per heavy atom. The van der Waals surface area contributed by atoms with E-state index in [0.29, 0.717) is 23.4 Å². The van der Waals surface area contributed by atoms with Gasteiger partial charge >= 0.3 is 0 Å². The number of amides is 1. The molecule has 4 heteroatoms. The first-order chi connectivity index (χ1) is 10.9. The van der Waals surface area contributed by atoms with Gasteiger partial charge < -0.3 is 5.32 Å². The molecule has 4 nitrogen and oxygen atoms in total. The number of carbonyl (C=O) groups is 1. The molecule has 0 aliphatic heterocycles. The Hall–Kier alpha value is -1.45. The highest BCUT2D eigenvalue weighted by Gasteiger charge is 2.48. The van der Waals surface area contributed by atoms with Gasteiger partial charge in [-0.25, -0.2) is 9.97 Å². The number of nitrogens with zero attached hydrogens (tertiary/aromatic N) is 2. The van der Waals surface area contributed by atoms with E-state index in [4.69, 9.17) is 0 Å². The molecule has 4 saturated carbocycles. The molecule has 4 aliphatic carbocycles. The number of carbonyl (C=O) groups excluding carboxylic acids is 1. The van der Waals surface area contributed by atoms with Crippen LogP contribution in [0.15, 0.2) is 12.5 Å². The molecule has 0 atom stereocenters. The smallest absolute Gasteiger partial charge is 0.254 e. The topological polar surface area (TPSA) is 54.9 Å². The van der Waals surface area contributed by atoms with Crippen LogP contribution in [-0.4, -0.2) is 21.9 Å². The fourth-order valence-corrected chi connectivity index (χ4v) is 5.48. The zero-order valence-corrected chi connectivity index (χ0v) is 14.4. The lowest BCUT2D eigenvalue weighted by molar-refractivity contribution is -0.0119. The largest absolute Gasteiger partial charge is 0.349 e. The minimum absolute atomic E-state index is 0.0213. The van der Waals surface area contributed by atoms with Gasteiger partial charge in [0.2, 0.25) is 0 Å². The highest BCUT2D eigenvalue weighted by Crippen LogP contribution is 2.53. The second-order valence-corrected chi connectivity index (χ2v) is 8.96. The lowest BCUT2D eigenvalue weighted by atomic mass is 9.54. The van der Waals surface area contributed by atoms with Crippen LogP contribution in [0.3, 0.4) is 0 Å². The Morgan fingerprint density at radius 1 is 1.09 bits per heavy atom. The van der Waals surface area contributed by atoms with Crippen molar-refractivity contribution in [2.45, 2.75) is 64.3 Å². The van der Waals surface area contributed by atoms with E-state index in [0.717, 1.165) is 17.5 Å². The lowest BCUT2D eigenvalue weighted by Crippen LogP contribution is -2.56. The summed E-state index contributed by atoms with van der Waals surface area (Å²) in [7, 11) is 0. The molecule has 1 N–H and O–H groups in total. The van der Waals surface area contributed by atoms with E-state index in [1.54, 1.807) is 12.5 Å². The lowest BCUT2D eigenvalue weighted by Gasteiger charge is -2.54. The highest BCUT2D eigenvalue weighted by atomic mass is 16.1. The summed E-state index contributed by atoms with van der Waals surface area (Å²) >= 11 is 0. The molecule has 1 amide bonds. The predicted octanol–water partition coefficient (Wildman–Crippen LogP) is 3.33. The summed E-state index contributed by atoms with van der Waals surface area (Å²) in [6, 6.07) is 0.364. The average Bonchev–Trinajstić information content (AvgIpc) is 2.49. The van der Waals surface area contributed by atoms with Gasteiger partial charge in [0, 0.05) is 17.7 Å². The van der Waals surface area contributed by atoms with Crippen molar-refractivity contribution in [2.75, 3.05) is 0 Å². The van der Waals surface area contributed by atoms with Crippen LogP contribution in [0.2, 0.25) is 0 Å². The maximum atomic E-state index is 12.9. The molecule has 0 aromatic carbocycles. The van der Waals surface area contributed by atoms with E-state index in [1.165, 1.54) is 32.1 Å². The molecule has 4 aliphatic rings. The standard InChI is InChI=1S/C19H27N3O/c1-19(2,3)17-15(9-20-10-21-17)18(23)22-16-13-5-11-4-12(7-13)8-14(16)6-11/h9-14,16H,4-8H2,1-3H3,(H,22,23). The van der Waals surface area contributed by atoms with Gasteiger partial charge in [-0.1, -0.05) is 20.8 Å². The zero-order valence-electron chi connectivity index (χ0n) is 14.4. The SMILES string of the molecule is CC(C)(C)c1ncncc1C(=O)NC1C2CC3CC(C2)CC1C3. The number of hydrogen-bond acceptors (Lipinski definition) is 3. The van der Waals surface area contributed by atoms with E-state index >= 15 is 0 Å². The van der Waals surface area contributed by atoms with E-state index < -0.39 is 0 Å². The zero-order chi connectivity index (χ0) is 16.2. The second kappa shape index (κ2) is 5.29. The fourth-order valence-electron chi connectivity index (χ4n) is 5.48. The third-order valence-corrected chi connectivity index (χ3v) is 6.19. The molecule has 4 fully saturated rings. The second-order valence-electron chi connectivity index (χ2n) is 8.96. The molecule has 0 radical (unpaired) electrons. The van der Waals surface area contributed by atoms with Crippen molar-refractivity contribution in [2.24, 2.45) is 23.7 Å². The molecule has 0 spiro atoms. The van der Waals surface area contributed by atoms with E-state index in [-0.39, 0.29) is 11.3 Å². The van der Waals surface area contributed by atoms with Gasteiger partial charge in [-0.15, -0.1) is 0 Å². The van der Waals surface area contributed by atoms with Gasteiger partial charge in [0.25, 0.3) is 5.91 Å². The van der Waals surface area contributed by atoms with Crippen molar-refractivity contribution in [3.05, 3.63) is 23.8 Å². The summed E-state index contributed by atoms with van der Waals surface area (Å²) in [5.41, 5.74) is 1.34. The van der Waals surface area contributed by atoms with Crippen LogP contribution in [0.1, 0.15) is 68.9 Å². The van der Waals surface area contributed by atoms with Gasteiger partial charge in [0.05, 0.1) is 11.3 Å². The van der Waals surface area contributed by atoms with Crippen molar-refractivity contribution < 1.29 is 4.79 Å². The van der Waals surface area contributed by atoms with Crippen LogP contribution in [0.4, 0.5) is 0 Å². The van der Waals surface area contributed by atoms with Crippen molar-refractivity contribution in [3.63, 3.8) is 0 Å². The van der Waals surface area contributed by atoms with Gasteiger partial charge in [-0.3, -0.25) is 4.79 Å². The maximum absolute atomic E-state index is 12.9. The quantitative estimate of drug-likeness (QED) is 0.911. The van der Waals surface area contributed by atoms with Crippen molar-refractivity contribution in [1.29, 1.82) is 0 Å². The van der Waals surface area contributed by atoms with Crippen molar-refractivity contribution in [3.8, 4) is 0 Å². The normalized spacial score (nSPS) is 35.3. The van der Waals surface area contributed by atoms with E-state index in [9.17, 15) is 4.79 Å². The van der Waals surface area contributed by atoms with Crippen molar-refractivity contribution >= 4 is 5.91 Å². The molecule has 0 saturated heterocycles. The Labute approximate surface area is 138 Å². The molecule has 23 heavy (non-hydrogen) atoms. The number of aromatic nitrogens is 2. The van der Waals surface area contributed by atoms with Gasteiger partial charge in [0.1, 0.15) is 6.33 Å². The van der Waals surface area contributed by atoms with Crippen LogP contribution >= 0.6 is 0 Å². The first kappa shape index (κ1) is 15.1. The molecule has 1 aromatic rings. The Balaban J connectivity index is 1.55. The molecule has 1 aromatic heterocycles. The minimum Gasteiger partial charge on any atom is -0.349 e. The fraction of sp³-hybridized carbons (Fsp3) is 0.737. The van der Waals surface area contributed by atoms with Crippen LogP contribution in [-0.2, 0) is 5.41 Å². The first-order valence-electron chi connectivity index (χ1n) is 9.03. The summed E-state index contributed by atoms with van der Waals surface area (Å²) in [6.45, 7) is 6.28. The summed E-state index contributed by atoms with van der Waals surface area (Å²) in [5.74, 6) is 3.26. The third-order valence-electron chi connectivity index (χ3n) is 6.19. The Kier molecular flexibility index (Phi) is 3.47. The monoisotopic (exact) mass is 313 g/mol. The summed E-state index contributed by atoms with van der Waals surface area (Å²) in [4.78, 5) is 21.4. The molecule has 4 bridgehead atoms. The number of nitrogens with one attached hydrogen (secondary N) is 1. The van der Waals surface area contributed by atoms with Gasteiger partial charge in [-0.2, -0.15) is 0 Å². The summed E-state index contributed by atoms with van der Waals surface area (Å²) < 4.78 is 0. The minimum atomic E-state index is -0.153. The highest BCUT2D eigenvalue weighted by molar-refractivity contribution is 5.95.